The standard InChI is InChI=1S/C17H24N2O6/c1-5-18(6-2)10-11-24-17(21)15-13(16(20)25-12(3)4)8-7-9-14(15)19(22)23/h7-9,12H,5-6,10-11H2,1-4H3. The third kappa shape index (κ3) is 5.82. The van der Waals surface area contributed by atoms with E-state index in [1.54, 1.807) is 13.8 Å². The number of likely N-dealkylation sites (N-methyl/N-ethyl adjacent to an activating group) is 1. The third-order valence-corrected chi connectivity index (χ3v) is 3.54. The molecule has 1 aromatic carbocycles. The summed E-state index contributed by atoms with van der Waals surface area (Å²) in [6.07, 6.45) is -0.418. The van der Waals surface area contributed by atoms with Crippen molar-refractivity contribution in [3.63, 3.8) is 0 Å². The number of nitrogens with zero attached hydrogens (tertiary/aromatic N) is 2. The Kier molecular flexibility index (Phi) is 8.00. The third-order valence-electron chi connectivity index (χ3n) is 3.54. The summed E-state index contributed by atoms with van der Waals surface area (Å²) in [4.78, 5) is 37.1. The Balaban J connectivity index is 3.06. The number of benzene rings is 1. The van der Waals surface area contributed by atoms with Crippen molar-refractivity contribution in [3.05, 3.63) is 39.4 Å². The highest BCUT2D eigenvalue weighted by Gasteiger charge is 2.29. The fourth-order valence-electron chi connectivity index (χ4n) is 2.23. The number of hydrogen-bond acceptors (Lipinski definition) is 7. The molecule has 0 amide bonds. The van der Waals surface area contributed by atoms with Gasteiger partial charge >= 0.3 is 11.9 Å². The molecule has 25 heavy (non-hydrogen) atoms. The first-order valence-electron chi connectivity index (χ1n) is 8.19. The number of nitro benzene ring substituents is 1. The van der Waals surface area contributed by atoms with Gasteiger partial charge in [-0.05, 0) is 33.0 Å². The van der Waals surface area contributed by atoms with Crippen molar-refractivity contribution < 1.29 is 24.0 Å². The quantitative estimate of drug-likeness (QED) is 0.383. The zero-order valence-electron chi connectivity index (χ0n) is 15.0. The first-order valence-corrected chi connectivity index (χ1v) is 8.19. The lowest BCUT2D eigenvalue weighted by molar-refractivity contribution is -0.385. The summed E-state index contributed by atoms with van der Waals surface area (Å²) in [5.41, 5.74) is -1.03. The lowest BCUT2D eigenvalue weighted by atomic mass is 10.1. The second-order valence-electron chi connectivity index (χ2n) is 5.57. The molecule has 0 aliphatic rings. The first-order chi connectivity index (χ1) is 11.8. The Labute approximate surface area is 146 Å². The molecule has 0 atom stereocenters. The van der Waals surface area contributed by atoms with Gasteiger partial charge in [-0.15, -0.1) is 0 Å². The van der Waals surface area contributed by atoms with Crippen LogP contribution in [0.1, 0.15) is 48.4 Å². The number of hydrogen-bond donors (Lipinski definition) is 0. The van der Waals surface area contributed by atoms with Crippen LogP contribution in [0.2, 0.25) is 0 Å². The van der Waals surface area contributed by atoms with Crippen LogP contribution in [0.5, 0.6) is 0 Å². The van der Waals surface area contributed by atoms with Crippen LogP contribution in [0.15, 0.2) is 18.2 Å². The first kappa shape index (κ1) is 20.6. The van der Waals surface area contributed by atoms with Gasteiger partial charge in [0.25, 0.3) is 5.69 Å². The van der Waals surface area contributed by atoms with Gasteiger partial charge in [-0.2, -0.15) is 0 Å². The topological polar surface area (TPSA) is 99.0 Å². The van der Waals surface area contributed by atoms with Crippen LogP contribution in [0.3, 0.4) is 0 Å². The molecule has 0 N–H and O–H groups in total. The van der Waals surface area contributed by atoms with Crippen molar-refractivity contribution >= 4 is 17.6 Å². The summed E-state index contributed by atoms with van der Waals surface area (Å²) >= 11 is 0. The molecule has 0 bridgehead atoms. The molecule has 0 aliphatic carbocycles. The van der Waals surface area contributed by atoms with E-state index in [0.29, 0.717) is 6.54 Å². The number of nitro groups is 1. The fourth-order valence-corrected chi connectivity index (χ4v) is 2.23. The van der Waals surface area contributed by atoms with Gasteiger partial charge in [0.2, 0.25) is 0 Å². The van der Waals surface area contributed by atoms with Crippen molar-refractivity contribution in [1.82, 2.24) is 4.90 Å². The number of esters is 2. The molecule has 0 aromatic heterocycles. The van der Waals surface area contributed by atoms with Crippen molar-refractivity contribution in [1.29, 1.82) is 0 Å². The van der Waals surface area contributed by atoms with Gasteiger partial charge in [0.15, 0.2) is 5.56 Å². The zero-order valence-corrected chi connectivity index (χ0v) is 15.0. The molecule has 0 fully saturated rings. The summed E-state index contributed by atoms with van der Waals surface area (Å²) < 4.78 is 10.2. The largest absolute Gasteiger partial charge is 0.461 e. The van der Waals surface area contributed by atoms with Crippen LogP contribution in [0, 0.1) is 10.1 Å². The van der Waals surface area contributed by atoms with Crippen molar-refractivity contribution in [2.45, 2.75) is 33.8 Å². The normalized spacial score (nSPS) is 10.8. The number of ether oxygens (including phenoxy) is 2. The van der Waals surface area contributed by atoms with Gasteiger partial charge in [-0.25, -0.2) is 9.59 Å². The van der Waals surface area contributed by atoms with Crippen LogP contribution in [-0.2, 0) is 9.47 Å². The predicted molar refractivity (Wildman–Crippen MR) is 91.7 cm³/mol. The van der Waals surface area contributed by atoms with Crippen LogP contribution in [0.25, 0.3) is 0 Å². The maximum atomic E-state index is 12.4. The molecule has 138 valence electrons. The molecule has 0 saturated heterocycles. The summed E-state index contributed by atoms with van der Waals surface area (Å²) in [7, 11) is 0. The Morgan fingerprint density at radius 1 is 1.20 bits per heavy atom. The summed E-state index contributed by atoms with van der Waals surface area (Å²) in [5.74, 6) is -1.70. The van der Waals surface area contributed by atoms with E-state index >= 15 is 0 Å². The van der Waals surface area contributed by atoms with Crippen LogP contribution >= 0.6 is 0 Å². The van der Waals surface area contributed by atoms with E-state index in [0.717, 1.165) is 19.2 Å². The molecule has 1 aromatic rings. The lowest BCUT2D eigenvalue weighted by Gasteiger charge is -2.17. The molecular weight excluding hydrogens is 328 g/mol. The molecule has 1 rings (SSSR count). The van der Waals surface area contributed by atoms with Gasteiger partial charge in [0, 0.05) is 12.6 Å². The van der Waals surface area contributed by atoms with Gasteiger partial charge in [-0.1, -0.05) is 19.9 Å². The molecule has 0 unspecified atom stereocenters. The minimum absolute atomic E-state index is 0.0746. The van der Waals surface area contributed by atoms with E-state index in [2.05, 4.69) is 0 Å². The average Bonchev–Trinajstić information content (AvgIpc) is 2.57. The monoisotopic (exact) mass is 352 g/mol. The average molecular weight is 352 g/mol. The summed E-state index contributed by atoms with van der Waals surface area (Å²) in [6, 6.07) is 3.81. The molecule has 0 saturated carbocycles. The van der Waals surface area contributed by atoms with E-state index < -0.39 is 28.7 Å². The maximum Gasteiger partial charge on any atom is 0.346 e. The van der Waals surface area contributed by atoms with Gasteiger partial charge < -0.3 is 14.4 Å². The van der Waals surface area contributed by atoms with Crippen LogP contribution < -0.4 is 0 Å². The van der Waals surface area contributed by atoms with Crippen molar-refractivity contribution in [3.8, 4) is 0 Å². The Morgan fingerprint density at radius 3 is 2.36 bits per heavy atom. The Morgan fingerprint density at radius 2 is 1.84 bits per heavy atom. The maximum absolute atomic E-state index is 12.4. The minimum Gasteiger partial charge on any atom is -0.461 e. The van der Waals surface area contributed by atoms with E-state index in [9.17, 15) is 19.7 Å². The Bertz CT molecular complexity index is 626. The van der Waals surface area contributed by atoms with Crippen molar-refractivity contribution in [2.24, 2.45) is 0 Å². The van der Waals surface area contributed by atoms with Crippen LogP contribution in [0.4, 0.5) is 5.69 Å². The smallest absolute Gasteiger partial charge is 0.346 e. The second kappa shape index (κ2) is 9.73. The van der Waals surface area contributed by atoms with Gasteiger partial charge in [0.05, 0.1) is 16.6 Å². The molecular formula is C17H24N2O6. The molecule has 0 spiro atoms. The number of rotatable bonds is 9. The predicted octanol–water partition coefficient (Wildman–Crippen LogP) is 2.66. The zero-order chi connectivity index (χ0) is 19.0. The van der Waals surface area contributed by atoms with E-state index in [1.165, 1.54) is 12.1 Å². The minimum atomic E-state index is -0.907. The van der Waals surface area contributed by atoms with Gasteiger partial charge in [-0.3, -0.25) is 10.1 Å². The molecule has 0 radical (unpaired) electrons. The second-order valence-corrected chi connectivity index (χ2v) is 5.57. The van der Waals surface area contributed by atoms with E-state index in [4.69, 9.17) is 9.47 Å². The van der Waals surface area contributed by atoms with E-state index in [1.807, 2.05) is 18.7 Å². The summed E-state index contributed by atoms with van der Waals surface area (Å²) in [6.45, 7) is 9.43. The fraction of sp³-hybridized carbons (Fsp3) is 0.529. The van der Waals surface area contributed by atoms with Crippen LogP contribution in [-0.4, -0.2) is 54.1 Å². The molecule has 0 aliphatic heterocycles. The summed E-state index contributed by atoms with van der Waals surface area (Å²) in [5, 5.41) is 11.2. The number of carbonyl (C=O) groups excluding carboxylic acids is 2. The van der Waals surface area contributed by atoms with Gasteiger partial charge in [0.1, 0.15) is 6.61 Å². The van der Waals surface area contributed by atoms with Crippen molar-refractivity contribution in [2.75, 3.05) is 26.2 Å². The highest BCUT2D eigenvalue weighted by molar-refractivity contribution is 6.06. The highest BCUT2D eigenvalue weighted by atomic mass is 16.6. The number of carbonyl (C=O) groups is 2. The Hall–Kier alpha value is -2.48. The molecule has 0 heterocycles. The SMILES string of the molecule is CCN(CC)CCOC(=O)c1c(C(=O)OC(C)C)cccc1[N+](=O)[O-]. The molecule has 8 nitrogen and oxygen atoms in total. The molecule has 8 heteroatoms. The lowest BCUT2D eigenvalue weighted by Crippen LogP contribution is -2.28. The van der Waals surface area contributed by atoms with E-state index in [-0.39, 0.29) is 17.7 Å². The highest BCUT2D eigenvalue weighted by Crippen LogP contribution is 2.24.